The van der Waals surface area contributed by atoms with Gasteiger partial charge in [0.05, 0.1) is 76.4 Å². The minimum absolute atomic E-state index is 0.0704. The van der Waals surface area contributed by atoms with Crippen molar-refractivity contribution in [1.82, 2.24) is 0 Å². The van der Waals surface area contributed by atoms with Gasteiger partial charge in [0, 0.05) is 36.6 Å². The van der Waals surface area contributed by atoms with Gasteiger partial charge in [-0.2, -0.15) is 0 Å². The summed E-state index contributed by atoms with van der Waals surface area (Å²) >= 11 is 1.75. The number of nitrogens with zero attached hydrogens (tertiary/aromatic N) is 2. The van der Waals surface area contributed by atoms with Gasteiger partial charge in [-0.25, -0.2) is 9.59 Å². The van der Waals surface area contributed by atoms with E-state index in [9.17, 15) is 9.59 Å². The van der Waals surface area contributed by atoms with Gasteiger partial charge in [-0.1, -0.05) is 11.8 Å². The van der Waals surface area contributed by atoms with Crippen molar-refractivity contribution in [1.29, 1.82) is 0 Å². The summed E-state index contributed by atoms with van der Waals surface area (Å²) < 4.78 is 37.7. The minimum atomic E-state index is -0.654. The fraction of sp³-hybridized carbons (Fsp3) is 0.400. The molecule has 0 aromatic heterocycles. The van der Waals surface area contributed by atoms with Crippen LogP contribution in [0.25, 0.3) is 0 Å². The van der Waals surface area contributed by atoms with Crippen LogP contribution in [-0.4, -0.2) is 106 Å². The van der Waals surface area contributed by atoms with Gasteiger partial charge >= 0.3 is 11.9 Å². The second-order valence-electron chi connectivity index (χ2n) is 10.3. The summed E-state index contributed by atoms with van der Waals surface area (Å²) in [5.74, 6) is -0.0669. The molecule has 0 saturated carbocycles. The zero-order valence-corrected chi connectivity index (χ0v) is 29.1. The Hall–Kier alpha value is -4.30. The SMILES string of the molecule is CC=O.COC(=O)c1ccc(OCCOCCOCCOCCOc2ccc3c(c2)Sc2cc(N(C)C)ccc2N3C)cc1C(=O)OC. The molecule has 3 aromatic rings. The van der Waals surface area contributed by atoms with Crippen molar-refractivity contribution in [2.75, 3.05) is 98.0 Å². The highest BCUT2D eigenvalue weighted by atomic mass is 32.2. The number of aldehydes is 1. The van der Waals surface area contributed by atoms with E-state index in [1.165, 1.54) is 49.5 Å². The van der Waals surface area contributed by atoms with Crippen molar-refractivity contribution in [3.05, 3.63) is 65.7 Å². The average Bonchev–Trinajstić information content (AvgIpc) is 3.09. The zero-order chi connectivity index (χ0) is 34.9. The third-order valence-electron chi connectivity index (χ3n) is 6.87. The monoisotopic (exact) mass is 684 g/mol. The Morgan fingerprint density at radius 3 is 1.69 bits per heavy atom. The van der Waals surface area contributed by atoms with Crippen LogP contribution in [0.2, 0.25) is 0 Å². The minimum Gasteiger partial charge on any atom is -0.491 e. The quantitative estimate of drug-likeness (QED) is 0.104. The summed E-state index contributed by atoms with van der Waals surface area (Å²) in [4.78, 5) is 39.4. The first kappa shape index (κ1) is 38.2. The zero-order valence-electron chi connectivity index (χ0n) is 28.3. The fourth-order valence-electron chi connectivity index (χ4n) is 4.49. The first-order valence-electron chi connectivity index (χ1n) is 15.3. The molecule has 1 aliphatic rings. The van der Waals surface area contributed by atoms with Gasteiger partial charge in [0.2, 0.25) is 0 Å². The first-order chi connectivity index (χ1) is 23.2. The molecule has 1 heterocycles. The fourth-order valence-corrected chi connectivity index (χ4v) is 5.70. The van der Waals surface area contributed by atoms with Gasteiger partial charge in [0.15, 0.2) is 0 Å². The standard InChI is InChI=1S/C33H40N2O9S.C2H4O/c1-34(2)23-6-10-28-30(20-23)45-31-22-25(8-11-29(31)35(28)3)44-19-17-42-15-13-40-12-14-41-16-18-43-24-7-9-26(32(36)38-4)27(21-24)33(37)39-5;1-2-3/h6-11,20-22H,12-19H2,1-5H3;2H,1H3. The molecule has 0 saturated heterocycles. The molecule has 0 atom stereocenters. The van der Waals surface area contributed by atoms with Crippen LogP contribution in [0.4, 0.5) is 17.1 Å². The number of anilines is 3. The van der Waals surface area contributed by atoms with Crippen LogP contribution < -0.4 is 19.3 Å². The number of fused-ring (bicyclic) bond motifs is 2. The van der Waals surface area contributed by atoms with Gasteiger partial charge in [0.1, 0.15) is 31.0 Å². The number of benzene rings is 3. The predicted molar refractivity (Wildman–Crippen MR) is 184 cm³/mol. The molecular formula is C35H44N2O10S. The van der Waals surface area contributed by atoms with Crippen LogP contribution in [0.15, 0.2) is 64.4 Å². The molecule has 3 aromatic carbocycles. The van der Waals surface area contributed by atoms with E-state index in [-0.39, 0.29) is 17.7 Å². The Labute approximate surface area is 286 Å². The van der Waals surface area contributed by atoms with Crippen molar-refractivity contribution >= 4 is 47.0 Å². The third-order valence-corrected chi connectivity index (χ3v) is 7.97. The van der Waals surface area contributed by atoms with E-state index in [1.807, 2.05) is 20.2 Å². The number of carbonyl (C=O) groups is 3. The Balaban J connectivity index is 0.00000201. The number of ether oxygens (including phenoxy) is 7. The van der Waals surface area contributed by atoms with Crippen molar-refractivity contribution in [2.45, 2.75) is 16.7 Å². The summed E-state index contributed by atoms with van der Waals surface area (Å²) in [6.45, 7) is 4.63. The second-order valence-corrected chi connectivity index (χ2v) is 11.4. The summed E-state index contributed by atoms with van der Waals surface area (Å²) in [6, 6.07) is 17.2. The molecule has 0 spiro atoms. The molecule has 260 valence electrons. The molecule has 48 heavy (non-hydrogen) atoms. The molecule has 0 N–H and O–H groups in total. The Kier molecular flexibility index (Phi) is 16.0. The van der Waals surface area contributed by atoms with E-state index < -0.39 is 11.9 Å². The summed E-state index contributed by atoms with van der Waals surface area (Å²) in [5, 5.41) is 0. The summed E-state index contributed by atoms with van der Waals surface area (Å²) in [7, 11) is 8.66. The number of carbonyl (C=O) groups excluding carboxylic acids is 3. The summed E-state index contributed by atoms with van der Waals surface area (Å²) in [6.07, 6.45) is 0.750. The highest BCUT2D eigenvalue weighted by Gasteiger charge is 2.22. The largest absolute Gasteiger partial charge is 0.491 e. The lowest BCUT2D eigenvalue weighted by Crippen LogP contribution is -2.16. The molecule has 0 bridgehead atoms. The lowest BCUT2D eigenvalue weighted by molar-refractivity contribution is -0.106. The maximum Gasteiger partial charge on any atom is 0.338 e. The average molecular weight is 685 g/mol. The van der Waals surface area contributed by atoms with E-state index in [0.29, 0.717) is 52.0 Å². The number of hydrogen-bond donors (Lipinski definition) is 0. The topological polar surface area (TPSA) is 122 Å². The Morgan fingerprint density at radius 2 is 1.15 bits per heavy atom. The van der Waals surface area contributed by atoms with Crippen LogP contribution in [0.5, 0.6) is 11.5 Å². The molecule has 0 aliphatic carbocycles. The lowest BCUT2D eigenvalue weighted by Gasteiger charge is -2.30. The highest BCUT2D eigenvalue weighted by Crippen LogP contribution is 2.49. The molecule has 0 unspecified atom stereocenters. The van der Waals surface area contributed by atoms with Gasteiger partial charge < -0.3 is 47.8 Å². The van der Waals surface area contributed by atoms with Crippen molar-refractivity contribution in [2.24, 2.45) is 0 Å². The van der Waals surface area contributed by atoms with Crippen LogP contribution in [-0.2, 0) is 28.5 Å². The number of rotatable bonds is 17. The maximum atomic E-state index is 12.0. The van der Waals surface area contributed by atoms with Crippen LogP contribution in [0, 0.1) is 0 Å². The number of esters is 2. The van der Waals surface area contributed by atoms with Gasteiger partial charge in [-0.15, -0.1) is 0 Å². The second kappa shape index (κ2) is 20.2. The lowest BCUT2D eigenvalue weighted by atomic mass is 10.1. The first-order valence-corrected chi connectivity index (χ1v) is 16.1. The molecule has 0 amide bonds. The molecular weight excluding hydrogens is 640 g/mol. The number of methoxy groups -OCH3 is 2. The van der Waals surface area contributed by atoms with Gasteiger partial charge in [0.25, 0.3) is 0 Å². The Morgan fingerprint density at radius 1 is 0.688 bits per heavy atom. The summed E-state index contributed by atoms with van der Waals surface area (Å²) in [5.41, 5.74) is 3.70. The predicted octanol–water partition coefficient (Wildman–Crippen LogP) is 5.27. The smallest absolute Gasteiger partial charge is 0.338 e. The van der Waals surface area contributed by atoms with E-state index in [0.717, 1.165) is 22.6 Å². The molecule has 4 rings (SSSR count). The normalized spacial score (nSPS) is 11.3. The van der Waals surface area contributed by atoms with Crippen LogP contribution in [0.3, 0.4) is 0 Å². The highest BCUT2D eigenvalue weighted by molar-refractivity contribution is 7.99. The van der Waals surface area contributed by atoms with Crippen LogP contribution >= 0.6 is 11.8 Å². The van der Waals surface area contributed by atoms with Crippen molar-refractivity contribution < 1.29 is 47.5 Å². The maximum absolute atomic E-state index is 12.0. The third kappa shape index (κ3) is 11.2. The molecule has 0 fully saturated rings. The molecule has 13 heteroatoms. The van der Waals surface area contributed by atoms with Crippen LogP contribution in [0.1, 0.15) is 27.6 Å². The van der Waals surface area contributed by atoms with E-state index in [4.69, 9.17) is 38.0 Å². The van der Waals surface area contributed by atoms with E-state index >= 15 is 0 Å². The number of hydrogen-bond acceptors (Lipinski definition) is 13. The van der Waals surface area contributed by atoms with Gasteiger partial charge in [-0.3, -0.25) is 0 Å². The van der Waals surface area contributed by atoms with E-state index in [2.05, 4.69) is 47.2 Å². The van der Waals surface area contributed by atoms with E-state index in [1.54, 1.807) is 17.8 Å². The Bertz CT molecular complexity index is 1500. The molecule has 1 aliphatic heterocycles. The van der Waals surface area contributed by atoms with Crippen molar-refractivity contribution in [3.63, 3.8) is 0 Å². The van der Waals surface area contributed by atoms with Gasteiger partial charge in [-0.05, 0) is 61.5 Å². The molecule has 12 nitrogen and oxygen atoms in total. The molecule has 0 radical (unpaired) electrons. The van der Waals surface area contributed by atoms with Crippen molar-refractivity contribution in [3.8, 4) is 11.5 Å².